The van der Waals surface area contributed by atoms with E-state index in [0.29, 0.717) is 41.4 Å². The number of Topliss-reactive ketones (excluding diaryl/α,β-unsaturated/α-hetero) is 1. The maximum absolute atomic E-state index is 13.9. The zero-order valence-electron chi connectivity index (χ0n) is 24.8. The van der Waals surface area contributed by atoms with Crippen molar-refractivity contribution in [1.29, 1.82) is 0 Å². The first-order valence-electron chi connectivity index (χ1n) is 14.0. The second-order valence-corrected chi connectivity index (χ2v) is 11.7. The molecule has 3 aromatic rings. The van der Waals surface area contributed by atoms with Crippen LogP contribution in [0.15, 0.2) is 84.3 Å². The van der Waals surface area contributed by atoms with Gasteiger partial charge in [0.25, 0.3) is 5.82 Å². The molecule has 42 heavy (non-hydrogen) atoms. The average Bonchev–Trinajstić information content (AvgIpc) is 2.96. The number of aromatic nitrogens is 1. The Labute approximate surface area is 246 Å². The summed E-state index contributed by atoms with van der Waals surface area (Å²) >= 11 is 0. The largest absolute Gasteiger partial charge is 0.497 e. The fourth-order valence-electron chi connectivity index (χ4n) is 5.84. The number of ether oxygens (including phenoxy) is 3. The summed E-state index contributed by atoms with van der Waals surface area (Å²) in [5, 5.41) is 6.36. The summed E-state index contributed by atoms with van der Waals surface area (Å²) in [6, 6.07) is 16.9. The molecule has 1 amide bonds. The van der Waals surface area contributed by atoms with E-state index in [1.54, 1.807) is 14.2 Å². The van der Waals surface area contributed by atoms with Crippen LogP contribution in [0.5, 0.6) is 17.2 Å². The topological polar surface area (TPSA) is 100 Å². The number of nitrogens with one attached hydrogen (secondary N) is 3. The van der Waals surface area contributed by atoms with Crippen molar-refractivity contribution < 1.29 is 28.8 Å². The molecule has 0 radical (unpaired) electrons. The molecule has 5 rings (SSSR count). The number of pyridine rings is 1. The second kappa shape index (κ2) is 11.7. The van der Waals surface area contributed by atoms with Gasteiger partial charge in [0, 0.05) is 40.9 Å². The van der Waals surface area contributed by atoms with Gasteiger partial charge in [0.1, 0.15) is 29.8 Å². The zero-order chi connectivity index (χ0) is 30.0. The fraction of sp³-hybridized carbons (Fsp3) is 0.324. The van der Waals surface area contributed by atoms with Crippen LogP contribution in [0.3, 0.4) is 0 Å². The highest BCUT2D eigenvalue weighted by molar-refractivity contribution is 6.02. The number of amides is 1. The van der Waals surface area contributed by atoms with Crippen molar-refractivity contribution in [2.24, 2.45) is 11.3 Å². The van der Waals surface area contributed by atoms with Gasteiger partial charge < -0.3 is 19.5 Å². The van der Waals surface area contributed by atoms with Gasteiger partial charge in [-0.15, -0.1) is 0 Å². The van der Waals surface area contributed by atoms with Crippen LogP contribution in [0.1, 0.15) is 49.3 Å². The molecule has 2 atom stereocenters. The minimum atomic E-state index is -0.729. The van der Waals surface area contributed by atoms with E-state index in [9.17, 15) is 9.59 Å². The Morgan fingerprint density at radius 3 is 2.45 bits per heavy atom. The van der Waals surface area contributed by atoms with E-state index in [1.165, 1.54) is 0 Å². The first-order chi connectivity index (χ1) is 20.1. The number of aromatic amines is 1. The van der Waals surface area contributed by atoms with Crippen LogP contribution in [0.4, 0.5) is 5.82 Å². The molecule has 0 saturated heterocycles. The number of H-pyrrole nitrogens is 1. The molecular formula is C34H38N3O5+. The first-order valence-corrected chi connectivity index (χ1v) is 14.0. The fourth-order valence-corrected chi connectivity index (χ4v) is 5.84. The van der Waals surface area contributed by atoms with Crippen LogP contribution < -0.4 is 29.8 Å². The molecule has 0 fully saturated rings. The molecule has 8 heteroatoms. The molecule has 0 spiro atoms. The Balaban J connectivity index is 1.54. The smallest absolute Gasteiger partial charge is 0.317 e. The van der Waals surface area contributed by atoms with E-state index in [-0.39, 0.29) is 23.7 Å². The van der Waals surface area contributed by atoms with Crippen molar-refractivity contribution in [3.05, 3.63) is 101 Å². The molecule has 8 nitrogen and oxygen atoms in total. The van der Waals surface area contributed by atoms with Crippen LogP contribution in [0, 0.1) is 18.3 Å². The molecule has 3 N–H and O–H groups in total. The van der Waals surface area contributed by atoms with Crippen molar-refractivity contribution in [3.8, 4) is 17.2 Å². The molecular weight excluding hydrogens is 530 g/mol. The highest BCUT2D eigenvalue weighted by Crippen LogP contribution is 2.48. The van der Waals surface area contributed by atoms with Gasteiger partial charge in [-0.3, -0.25) is 4.79 Å². The third-order valence-electron chi connectivity index (χ3n) is 7.88. The van der Waals surface area contributed by atoms with Gasteiger partial charge in [0.05, 0.1) is 20.4 Å². The van der Waals surface area contributed by atoms with Crippen LogP contribution in [-0.2, 0) is 16.2 Å². The first kappa shape index (κ1) is 28.9. The van der Waals surface area contributed by atoms with Gasteiger partial charge >= 0.3 is 5.91 Å². The lowest BCUT2D eigenvalue weighted by molar-refractivity contribution is -0.361. The highest BCUT2D eigenvalue weighted by atomic mass is 16.5. The number of carbonyl (C=O) groups excluding carboxylic acids is 2. The van der Waals surface area contributed by atoms with Crippen LogP contribution in [0.2, 0.25) is 0 Å². The Bertz CT molecular complexity index is 1540. The predicted molar refractivity (Wildman–Crippen MR) is 160 cm³/mol. The second-order valence-electron chi connectivity index (χ2n) is 11.7. The summed E-state index contributed by atoms with van der Waals surface area (Å²) in [6.07, 6.45) is 2.92. The normalized spacial score (nSPS) is 19.5. The Hall–Kier alpha value is -4.59. The number of ketones is 1. The van der Waals surface area contributed by atoms with Gasteiger partial charge in [-0.05, 0) is 72.4 Å². The Morgan fingerprint density at radius 1 is 1.05 bits per heavy atom. The number of hydrogen-bond acceptors (Lipinski definition) is 6. The third kappa shape index (κ3) is 6.03. The molecule has 2 aromatic carbocycles. The number of carbonyl (C=O) groups is 2. The SMILES string of the molecule is C=C1NC2=C(C(=O)CC(C)(C)C2)C(c2ccc(OC)c(COc3ccc(OC)cc3)c2)C1C(=O)Nc1ccc(C)c[nH+]1. The van der Waals surface area contributed by atoms with Crippen LogP contribution in [0.25, 0.3) is 0 Å². The average molecular weight is 569 g/mol. The van der Waals surface area contributed by atoms with Crippen LogP contribution >= 0.6 is 0 Å². The lowest BCUT2D eigenvalue weighted by atomic mass is 9.66. The van der Waals surface area contributed by atoms with E-state index >= 15 is 0 Å². The number of hydrogen-bond donors (Lipinski definition) is 2. The zero-order valence-corrected chi connectivity index (χ0v) is 24.8. The molecule has 1 aliphatic carbocycles. The maximum atomic E-state index is 13.9. The Kier molecular flexibility index (Phi) is 8.07. The number of methoxy groups -OCH3 is 2. The highest BCUT2D eigenvalue weighted by Gasteiger charge is 2.47. The monoisotopic (exact) mass is 568 g/mol. The lowest BCUT2D eigenvalue weighted by Gasteiger charge is -2.42. The van der Waals surface area contributed by atoms with E-state index in [0.717, 1.165) is 28.1 Å². The van der Waals surface area contributed by atoms with Crippen LogP contribution in [-0.4, -0.2) is 25.9 Å². The summed E-state index contributed by atoms with van der Waals surface area (Å²) < 4.78 is 17.0. The molecule has 2 aliphatic rings. The van der Waals surface area contributed by atoms with Crippen molar-refractivity contribution >= 4 is 17.5 Å². The summed E-state index contributed by atoms with van der Waals surface area (Å²) in [6.45, 7) is 10.6. The summed E-state index contributed by atoms with van der Waals surface area (Å²) in [4.78, 5) is 30.8. The number of anilines is 1. The van der Waals surface area contributed by atoms with E-state index < -0.39 is 11.8 Å². The number of benzene rings is 2. The molecule has 0 saturated carbocycles. The number of allylic oxidation sites excluding steroid dienone is 2. The predicted octanol–water partition coefficient (Wildman–Crippen LogP) is 5.50. The van der Waals surface area contributed by atoms with Crippen molar-refractivity contribution in [2.75, 3.05) is 19.5 Å². The van der Waals surface area contributed by atoms with Gasteiger partial charge in [0.15, 0.2) is 5.78 Å². The molecule has 218 valence electrons. The van der Waals surface area contributed by atoms with Gasteiger partial charge in [-0.25, -0.2) is 15.1 Å². The molecule has 1 aliphatic heterocycles. The maximum Gasteiger partial charge on any atom is 0.317 e. The van der Waals surface area contributed by atoms with Gasteiger partial charge in [-0.1, -0.05) is 26.5 Å². The van der Waals surface area contributed by atoms with Gasteiger partial charge in [-0.2, -0.15) is 0 Å². The molecule has 2 heterocycles. The molecule has 0 bridgehead atoms. The number of rotatable bonds is 8. The minimum absolute atomic E-state index is 0.0396. The minimum Gasteiger partial charge on any atom is -0.497 e. The van der Waals surface area contributed by atoms with Crippen molar-refractivity contribution in [3.63, 3.8) is 0 Å². The summed E-state index contributed by atoms with van der Waals surface area (Å²) in [7, 11) is 3.23. The van der Waals surface area contributed by atoms with E-state index in [1.807, 2.05) is 67.7 Å². The molecule has 1 aromatic heterocycles. The van der Waals surface area contributed by atoms with Gasteiger partial charge in [0.2, 0.25) is 0 Å². The lowest BCUT2D eigenvalue weighted by Crippen LogP contribution is -2.45. The van der Waals surface area contributed by atoms with E-state index in [4.69, 9.17) is 14.2 Å². The summed E-state index contributed by atoms with van der Waals surface area (Å²) in [5.74, 6) is 1.16. The Morgan fingerprint density at radius 2 is 1.79 bits per heavy atom. The third-order valence-corrected chi connectivity index (χ3v) is 7.88. The van der Waals surface area contributed by atoms with Crippen molar-refractivity contribution in [2.45, 2.75) is 46.1 Å². The quantitative estimate of drug-likeness (QED) is 0.372. The van der Waals surface area contributed by atoms with Crippen molar-refractivity contribution in [1.82, 2.24) is 5.32 Å². The number of aryl methyl sites for hydroxylation is 1. The standard InChI is InChI=1S/C34H37N3O5/c1-20-7-14-29(35-18-20)37-33(39)30-21(2)36-26-16-34(3,4)17-27(38)32(26)31(30)22-8-13-28(41-6)23(15-22)19-42-25-11-9-24(40-5)10-12-25/h7-15,18,30-31,36H,2,16-17,19H2,1,3-6H3,(H,35,37,39)/p+1. The summed E-state index contributed by atoms with van der Waals surface area (Å²) in [5.41, 5.74) is 4.50. The molecule has 2 unspecified atom stereocenters. The van der Waals surface area contributed by atoms with E-state index in [2.05, 4.69) is 36.0 Å².